The molecule has 26 heavy (non-hydrogen) atoms. The number of benzene rings is 1. The maximum absolute atomic E-state index is 12.5. The number of nitrogens with zero attached hydrogens (tertiary/aromatic N) is 3. The van der Waals surface area contributed by atoms with Crippen molar-refractivity contribution < 1.29 is 9.53 Å². The Labute approximate surface area is 154 Å². The summed E-state index contributed by atoms with van der Waals surface area (Å²) in [6.07, 6.45) is 4.30. The molecular weight excluding hydrogens is 328 g/mol. The highest BCUT2D eigenvalue weighted by atomic mass is 16.5. The van der Waals surface area contributed by atoms with E-state index in [-0.39, 0.29) is 11.4 Å². The lowest BCUT2D eigenvalue weighted by molar-refractivity contribution is 0.222. The second kappa shape index (κ2) is 7.32. The third-order valence-electron chi connectivity index (χ3n) is 4.64. The number of methoxy groups -OCH3 is 1. The molecule has 1 aliphatic rings. The van der Waals surface area contributed by atoms with Gasteiger partial charge in [-0.1, -0.05) is 32.9 Å². The Balaban J connectivity index is 1.59. The van der Waals surface area contributed by atoms with Crippen LogP contribution in [0.3, 0.4) is 0 Å². The van der Waals surface area contributed by atoms with E-state index < -0.39 is 0 Å². The van der Waals surface area contributed by atoms with E-state index in [4.69, 9.17) is 4.74 Å². The first-order chi connectivity index (χ1) is 12.4. The molecule has 0 saturated carbocycles. The molecule has 1 saturated heterocycles. The molecule has 1 atom stereocenters. The number of aromatic nitrogens is 2. The topological polar surface area (TPSA) is 67.3 Å². The summed E-state index contributed by atoms with van der Waals surface area (Å²) in [5, 5.41) is 2.89. The van der Waals surface area contributed by atoms with Crippen molar-refractivity contribution in [2.45, 2.75) is 38.5 Å². The average molecular weight is 354 g/mol. The number of hydrogen-bond acceptors (Lipinski definition) is 4. The van der Waals surface area contributed by atoms with Crippen LogP contribution in [-0.2, 0) is 5.41 Å². The predicted molar refractivity (Wildman–Crippen MR) is 102 cm³/mol. The molecule has 0 aliphatic carbocycles. The molecular formula is C20H26N4O2. The van der Waals surface area contributed by atoms with E-state index in [9.17, 15) is 4.79 Å². The van der Waals surface area contributed by atoms with Gasteiger partial charge in [-0.15, -0.1) is 0 Å². The average Bonchev–Trinajstić information content (AvgIpc) is 3.12. The first-order valence-electron chi connectivity index (χ1n) is 8.89. The Morgan fingerprint density at radius 3 is 2.42 bits per heavy atom. The summed E-state index contributed by atoms with van der Waals surface area (Å²) in [5.74, 6) is 1.96. The van der Waals surface area contributed by atoms with Crippen LogP contribution in [-0.4, -0.2) is 41.1 Å². The van der Waals surface area contributed by atoms with Crippen LogP contribution in [0.25, 0.3) is 0 Å². The van der Waals surface area contributed by atoms with Crippen LogP contribution in [0.2, 0.25) is 0 Å². The van der Waals surface area contributed by atoms with Gasteiger partial charge in [-0.25, -0.2) is 14.8 Å². The Kier molecular flexibility index (Phi) is 5.11. The largest absolute Gasteiger partial charge is 0.497 e. The van der Waals surface area contributed by atoms with Crippen molar-refractivity contribution in [1.82, 2.24) is 14.9 Å². The summed E-state index contributed by atoms with van der Waals surface area (Å²) in [4.78, 5) is 23.1. The van der Waals surface area contributed by atoms with Crippen LogP contribution in [0.1, 0.15) is 44.5 Å². The second-order valence-corrected chi connectivity index (χ2v) is 7.68. The fourth-order valence-electron chi connectivity index (χ4n) is 3.08. The van der Waals surface area contributed by atoms with Gasteiger partial charge in [0, 0.05) is 24.4 Å². The summed E-state index contributed by atoms with van der Waals surface area (Å²) in [6, 6.07) is 7.97. The van der Waals surface area contributed by atoms with Crippen LogP contribution in [0, 0.1) is 0 Å². The number of carbonyl (C=O) groups is 1. The summed E-state index contributed by atoms with van der Waals surface area (Å²) < 4.78 is 5.20. The Morgan fingerprint density at radius 2 is 1.85 bits per heavy atom. The van der Waals surface area contributed by atoms with E-state index in [0.717, 1.165) is 24.5 Å². The molecule has 0 bridgehead atoms. The van der Waals surface area contributed by atoms with Crippen molar-refractivity contribution in [2.75, 3.05) is 25.5 Å². The van der Waals surface area contributed by atoms with Gasteiger partial charge in [0.25, 0.3) is 0 Å². The third-order valence-corrected chi connectivity index (χ3v) is 4.64. The summed E-state index contributed by atoms with van der Waals surface area (Å²) in [5.41, 5.74) is 1.75. The van der Waals surface area contributed by atoms with Crippen LogP contribution in [0.15, 0.2) is 36.7 Å². The van der Waals surface area contributed by atoms with E-state index in [0.29, 0.717) is 18.2 Å². The highest BCUT2D eigenvalue weighted by molar-refractivity contribution is 5.89. The van der Waals surface area contributed by atoms with Gasteiger partial charge in [0.15, 0.2) is 0 Å². The minimum Gasteiger partial charge on any atom is -0.497 e. The number of hydrogen-bond donors (Lipinski definition) is 1. The zero-order valence-electron chi connectivity index (χ0n) is 15.8. The minimum absolute atomic E-state index is 0.104. The molecule has 138 valence electrons. The normalized spacial score (nSPS) is 17.2. The Hall–Kier alpha value is -2.63. The lowest BCUT2D eigenvalue weighted by Gasteiger charge is -2.19. The summed E-state index contributed by atoms with van der Waals surface area (Å²) >= 11 is 0. The molecule has 6 nitrogen and oxygen atoms in total. The maximum Gasteiger partial charge on any atom is 0.321 e. The monoisotopic (exact) mass is 354 g/mol. The number of nitrogens with one attached hydrogen (secondary N) is 1. The number of amides is 2. The first-order valence-corrected chi connectivity index (χ1v) is 8.89. The number of rotatable bonds is 3. The van der Waals surface area contributed by atoms with Gasteiger partial charge >= 0.3 is 6.03 Å². The SMILES string of the molecule is COc1ccc(C2CCN(C(=O)Nc3cnc(C(C)(C)C)nc3)C2)cc1. The molecule has 2 heterocycles. The van der Waals surface area contributed by atoms with Gasteiger partial charge in [0.1, 0.15) is 11.6 Å². The van der Waals surface area contributed by atoms with Gasteiger partial charge in [-0.05, 0) is 24.1 Å². The second-order valence-electron chi connectivity index (χ2n) is 7.68. The number of urea groups is 1. The van der Waals surface area contributed by atoms with Crippen LogP contribution in [0.4, 0.5) is 10.5 Å². The van der Waals surface area contributed by atoms with Crippen molar-refractivity contribution in [3.8, 4) is 5.75 Å². The van der Waals surface area contributed by atoms with Gasteiger partial charge in [0.05, 0.1) is 25.2 Å². The van der Waals surface area contributed by atoms with E-state index >= 15 is 0 Å². The van der Waals surface area contributed by atoms with Crippen LogP contribution >= 0.6 is 0 Å². The van der Waals surface area contributed by atoms with Crippen LogP contribution < -0.4 is 10.1 Å². The maximum atomic E-state index is 12.5. The highest BCUT2D eigenvalue weighted by Crippen LogP contribution is 2.29. The molecule has 1 aliphatic heterocycles. The van der Waals surface area contributed by atoms with E-state index in [2.05, 4.69) is 48.2 Å². The minimum atomic E-state index is -0.108. The zero-order valence-corrected chi connectivity index (χ0v) is 15.8. The summed E-state index contributed by atoms with van der Waals surface area (Å²) in [7, 11) is 1.66. The van der Waals surface area contributed by atoms with Crippen LogP contribution in [0.5, 0.6) is 5.75 Å². The fourth-order valence-corrected chi connectivity index (χ4v) is 3.08. The lowest BCUT2D eigenvalue weighted by atomic mass is 9.96. The van der Waals surface area contributed by atoms with E-state index in [1.807, 2.05) is 17.0 Å². The van der Waals surface area contributed by atoms with E-state index in [1.54, 1.807) is 19.5 Å². The standard InChI is InChI=1S/C20H26N4O2/c1-20(2,3)18-21-11-16(12-22-18)23-19(25)24-10-9-15(13-24)14-5-7-17(26-4)8-6-14/h5-8,11-12,15H,9-10,13H2,1-4H3,(H,23,25). The molecule has 3 rings (SSSR count). The Bertz CT molecular complexity index is 751. The van der Waals surface area contributed by atoms with Crippen molar-refractivity contribution in [2.24, 2.45) is 0 Å². The van der Waals surface area contributed by atoms with Crippen molar-refractivity contribution in [3.05, 3.63) is 48.0 Å². The molecule has 2 amide bonds. The van der Waals surface area contributed by atoms with Gasteiger partial charge < -0.3 is 15.0 Å². The fraction of sp³-hybridized carbons (Fsp3) is 0.450. The van der Waals surface area contributed by atoms with Crippen molar-refractivity contribution in [1.29, 1.82) is 0 Å². The number of anilines is 1. The summed E-state index contributed by atoms with van der Waals surface area (Å²) in [6.45, 7) is 7.63. The van der Waals surface area contributed by atoms with Gasteiger partial charge in [-0.3, -0.25) is 0 Å². The third kappa shape index (κ3) is 4.12. The number of likely N-dealkylation sites (tertiary alicyclic amines) is 1. The van der Waals surface area contributed by atoms with Crippen molar-refractivity contribution in [3.63, 3.8) is 0 Å². The molecule has 2 aromatic rings. The van der Waals surface area contributed by atoms with Crippen molar-refractivity contribution >= 4 is 11.7 Å². The molecule has 1 fully saturated rings. The van der Waals surface area contributed by atoms with Gasteiger partial charge in [0.2, 0.25) is 0 Å². The molecule has 0 spiro atoms. The predicted octanol–water partition coefficient (Wildman–Crippen LogP) is 3.80. The molecule has 1 aromatic carbocycles. The highest BCUT2D eigenvalue weighted by Gasteiger charge is 2.27. The molecule has 0 radical (unpaired) electrons. The zero-order chi connectivity index (χ0) is 18.7. The molecule has 1 aromatic heterocycles. The number of carbonyl (C=O) groups excluding carboxylic acids is 1. The smallest absolute Gasteiger partial charge is 0.321 e. The molecule has 1 unspecified atom stereocenters. The van der Waals surface area contributed by atoms with E-state index in [1.165, 1.54) is 5.56 Å². The van der Waals surface area contributed by atoms with Gasteiger partial charge in [-0.2, -0.15) is 0 Å². The quantitative estimate of drug-likeness (QED) is 0.910. The Morgan fingerprint density at radius 1 is 1.19 bits per heavy atom. The lowest BCUT2D eigenvalue weighted by Crippen LogP contribution is -2.33. The first kappa shape index (κ1) is 18.2. The molecule has 6 heteroatoms. The molecule has 1 N–H and O–H groups in total. The number of ether oxygens (including phenoxy) is 1.